The van der Waals surface area contributed by atoms with Gasteiger partial charge < -0.3 is 16.4 Å². The Balaban J connectivity index is 2.68. The van der Waals surface area contributed by atoms with E-state index in [1.807, 2.05) is 26.1 Å². The lowest BCUT2D eigenvalue weighted by atomic mass is 10.1. The van der Waals surface area contributed by atoms with Crippen LogP contribution in [0.5, 0.6) is 0 Å². The van der Waals surface area contributed by atoms with Gasteiger partial charge in [0.2, 0.25) is 0 Å². The van der Waals surface area contributed by atoms with E-state index in [-0.39, 0.29) is 0 Å². The molecule has 0 aliphatic rings. The minimum atomic E-state index is 0.357. The third-order valence-electron chi connectivity index (χ3n) is 2.44. The number of hydrogen-bond donors (Lipinski definition) is 3. The highest BCUT2D eigenvalue weighted by Crippen LogP contribution is 2.15. The van der Waals surface area contributed by atoms with Crippen molar-refractivity contribution in [3.05, 3.63) is 29.8 Å². The molecule has 1 rings (SSSR count). The van der Waals surface area contributed by atoms with Crippen molar-refractivity contribution in [2.45, 2.75) is 19.9 Å². The van der Waals surface area contributed by atoms with E-state index >= 15 is 0 Å². The van der Waals surface area contributed by atoms with Crippen molar-refractivity contribution in [2.24, 2.45) is 10.7 Å². The Hall–Kier alpha value is -1.55. The van der Waals surface area contributed by atoms with Crippen LogP contribution in [0, 0.1) is 0 Å². The van der Waals surface area contributed by atoms with Gasteiger partial charge in [0.1, 0.15) is 0 Å². The maximum Gasteiger partial charge on any atom is 0.193 e. The summed E-state index contributed by atoms with van der Waals surface area (Å²) in [5, 5.41) is 6.23. The Morgan fingerprint density at radius 1 is 1.38 bits per heavy atom. The minimum Gasteiger partial charge on any atom is -0.370 e. The molecule has 0 fully saturated rings. The Morgan fingerprint density at radius 3 is 2.50 bits per heavy atom. The monoisotopic (exact) mass is 220 g/mol. The number of nitrogens with two attached hydrogens (primary N) is 1. The molecule has 0 saturated heterocycles. The number of aliphatic imine (C=N–C) groups is 1. The van der Waals surface area contributed by atoms with Crippen molar-refractivity contribution >= 4 is 11.6 Å². The van der Waals surface area contributed by atoms with E-state index in [0.29, 0.717) is 18.5 Å². The van der Waals surface area contributed by atoms with Crippen molar-refractivity contribution in [1.82, 2.24) is 5.32 Å². The van der Waals surface area contributed by atoms with Gasteiger partial charge in [0.15, 0.2) is 5.96 Å². The number of benzene rings is 1. The van der Waals surface area contributed by atoms with Crippen LogP contribution in [0.4, 0.5) is 5.69 Å². The number of guanidine groups is 1. The van der Waals surface area contributed by atoms with E-state index in [1.165, 1.54) is 5.56 Å². The molecule has 0 heterocycles. The zero-order valence-corrected chi connectivity index (χ0v) is 10.1. The maximum absolute atomic E-state index is 5.67. The molecular weight excluding hydrogens is 200 g/mol. The molecule has 1 atom stereocenters. The molecule has 4 heteroatoms. The molecule has 1 unspecified atom stereocenters. The Morgan fingerprint density at radius 2 is 2.00 bits per heavy atom. The molecule has 4 N–H and O–H groups in total. The van der Waals surface area contributed by atoms with Gasteiger partial charge in [-0.05, 0) is 38.6 Å². The van der Waals surface area contributed by atoms with Crippen LogP contribution in [0.25, 0.3) is 0 Å². The lowest BCUT2D eigenvalue weighted by Gasteiger charge is -2.11. The maximum atomic E-state index is 5.67. The highest BCUT2D eigenvalue weighted by atomic mass is 15.1. The molecule has 88 valence electrons. The number of rotatable bonds is 4. The van der Waals surface area contributed by atoms with Gasteiger partial charge in [-0.3, -0.25) is 4.99 Å². The third kappa shape index (κ3) is 3.55. The summed E-state index contributed by atoms with van der Waals surface area (Å²) in [7, 11) is 1.95. The van der Waals surface area contributed by atoms with Gasteiger partial charge in [-0.1, -0.05) is 12.1 Å². The summed E-state index contributed by atoms with van der Waals surface area (Å²) in [5.41, 5.74) is 7.88. The van der Waals surface area contributed by atoms with E-state index < -0.39 is 0 Å². The van der Waals surface area contributed by atoms with Gasteiger partial charge in [-0.25, -0.2) is 0 Å². The Labute approximate surface area is 97.0 Å². The van der Waals surface area contributed by atoms with E-state index in [9.17, 15) is 0 Å². The molecule has 4 nitrogen and oxygen atoms in total. The summed E-state index contributed by atoms with van der Waals surface area (Å²) in [4.78, 5) is 4.06. The van der Waals surface area contributed by atoms with E-state index in [1.54, 1.807) is 0 Å². The standard InChI is InChI=1S/C12H20N4/c1-4-15-12(13)16-11-7-5-10(6-8-11)9(2)14-3/h5-9,14H,4H2,1-3H3,(H3,13,15,16). The van der Waals surface area contributed by atoms with Crippen molar-refractivity contribution in [1.29, 1.82) is 0 Å². The molecular formula is C12H20N4. The van der Waals surface area contributed by atoms with Crippen LogP contribution >= 0.6 is 0 Å². The summed E-state index contributed by atoms with van der Waals surface area (Å²) in [5.74, 6) is 0.455. The molecule has 0 aromatic heterocycles. The van der Waals surface area contributed by atoms with Crippen LogP contribution in [0.2, 0.25) is 0 Å². The molecule has 1 aromatic rings. The SMILES string of the molecule is CCN=C(N)Nc1ccc(C(C)NC)cc1. The second-order valence-corrected chi connectivity index (χ2v) is 3.62. The number of nitrogens with zero attached hydrogens (tertiary/aromatic N) is 1. The Kier molecular flexibility index (Phi) is 4.79. The average molecular weight is 220 g/mol. The van der Waals surface area contributed by atoms with Gasteiger partial charge in [0, 0.05) is 18.3 Å². The van der Waals surface area contributed by atoms with Crippen LogP contribution in [-0.2, 0) is 0 Å². The second-order valence-electron chi connectivity index (χ2n) is 3.62. The quantitative estimate of drug-likeness (QED) is 0.535. The van der Waals surface area contributed by atoms with E-state index in [2.05, 4.69) is 34.7 Å². The highest BCUT2D eigenvalue weighted by Gasteiger charge is 2.01. The summed E-state index contributed by atoms with van der Waals surface area (Å²) >= 11 is 0. The van der Waals surface area contributed by atoms with Gasteiger partial charge in [0.05, 0.1) is 0 Å². The van der Waals surface area contributed by atoms with Crippen molar-refractivity contribution in [3.63, 3.8) is 0 Å². The van der Waals surface area contributed by atoms with E-state index in [4.69, 9.17) is 5.73 Å². The molecule has 0 bridgehead atoms. The number of anilines is 1. The fourth-order valence-corrected chi connectivity index (χ4v) is 1.38. The molecule has 0 saturated carbocycles. The summed E-state index contributed by atoms with van der Waals surface area (Å²) in [6.45, 7) is 4.76. The van der Waals surface area contributed by atoms with Crippen molar-refractivity contribution in [3.8, 4) is 0 Å². The van der Waals surface area contributed by atoms with Gasteiger partial charge in [0.25, 0.3) is 0 Å². The fourth-order valence-electron chi connectivity index (χ4n) is 1.38. The first-order valence-electron chi connectivity index (χ1n) is 5.51. The van der Waals surface area contributed by atoms with Gasteiger partial charge >= 0.3 is 0 Å². The first-order valence-corrected chi connectivity index (χ1v) is 5.51. The average Bonchev–Trinajstić information content (AvgIpc) is 2.29. The minimum absolute atomic E-state index is 0.357. The van der Waals surface area contributed by atoms with Crippen LogP contribution < -0.4 is 16.4 Å². The highest BCUT2D eigenvalue weighted by molar-refractivity contribution is 5.92. The summed E-state index contributed by atoms with van der Waals surface area (Å²) < 4.78 is 0. The molecule has 0 spiro atoms. The molecule has 0 aliphatic carbocycles. The molecule has 0 aliphatic heterocycles. The largest absolute Gasteiger partial charge is 0.370 e. The van der Waals surface area contributed by atoms with Gasteiger partial charge in [-0.15, -0.1) is 0 Å². The summed E-state index contributed by atoms with van der Waals surface area (Å²) in [6.07, 6.45) is 0. The fraction of sp³-hybridized carbons (Fsp3) is 0.417. The van der Waals surface area contributed by atoms with Crippen LogP contribution in [0.3, 0.4) is 0 Å². The van der Waals surface area contributed by atoms with Gasteiger partial charge in [-0.2, -0.15) is 0 Å². The van der Waals surface area contributed by atoms with E-state index in [0.717, 1.165) is 5.69 Å². The van der Waals surface area contributed by atoms with Crippen molar-refractivity contribution in [2.75, 3.05) is 18.9 Å². The topological polar surface area (TPSA) is 62.4 Å². The normalized spacial score (nSPS) is 13.6. The zero-order valence-electron chi connectivity index (χ0n) is 10.1. The van der Waals surface area contributed by atoms with Crippen LogP contribution in [-0.4, -0.2) is 19.6 Å². The molecule has 1 aromatic carbocycles. The summed E-state index contributed by atoms with van der Waals surface area (Å²) in [6, 6.07) is 8.50. The lowest BCUT2D eigenvalue weighted by molar-refractivity contribution is 0.652. The first-order chi connectivity index (χ1) is 7.67. The molecule has 0 amide bonds. The van der Waals surface area contributed by atoms with Crippen LogP contribution in [0.1, 0.15) is 25.5 Å². The number of hydrogen-bond acceptors (Lipinski definition) is 2. The smallest absolute Gasteiger partial charge is 0.193 e. The van der Waals surface area contributed by atoms with Crippen molar-refractivity contribution < 1.29 is 0 Å². The third-order valence-corrected chi connectivity index (χ3v) is 2.44. The molecule has 16 heavy (non-hydrogen) atoms. The zero-order chi connectivity index (χ0) is 12.0. The predicted molar refractivity (Wildman–Crippen MR) is 69.7 cm³/mol. The molecule has 0 radical (unpaired) electrons. The number of nitrogens with one attached hydrogen (secondary N) is 2. The first kappa shape index (κ1) is 12.5. The lowest BCUT2D eigenvalue weighted by Crippen LogP contribution is -2.22. The van der Waals surface area contributed by atoms with Crippen LogP contribution in [0.15, 0.2) is 29.3 Å². The Bertz CT molecular complexity index is 343. The second kappa shape index (κ2) is 6.12. The predicted octanol–water partition coefficient (Wildman–Crippen LogP) is 1.71.